The fraction of sp³-hybridized carbons (Fsp3) is 0.500. The van der Waals surface area contributed by atoms with E-state index < -0.39 is 18.2 Å². The van der Waals surface area contributed by atoms with Gasteiger partial charge < -0.3 is 9.84 Å². The number of nitriles is 1. The predicted octanol–water partition coefficient (Wildman–Crippen LogP) is 2.52. The van der Waals surface area contributed by atoms with E-state index in [1.54, 1.807) is 0 Å². The van der Waals surface area contributed by atoms with Gasteiger partial charge in [-0.3, -0.25) is 0 Å². The molecule has 0 aliphatic heterocycles. The smallest absolute Gasteiger partial charge is 0.333 e. The van der Waals surface area contributed by atoms with Crippen molar-refractivity contribution in [2.45, 2.75) is 37.7 Å². The van der Waals surface area contributed by atoms with Crippen LogP contribution in [0, 0.1) is 17.2 Å². The molecule has 0 radical (unpaired) electrons. The molecule has 0 aromatic heterocycles. The second-order valence-electron chi connectivity index (χ2n) is 5.18. The third kappa shape index (κ3) is 2.83. The average Bonchev–Trinajstić information content (AvgIpc) is 2.54. The van der Waals surface area contributed by atoms with Crippen LogP contribution >= 0.6 is 0 Å². The summed E-state index contributed by atoms with van der Waals surface area (Å²) in [6, 6.07) is 11.4. The van der Waals surface area contributed by atoms with Gasteiger partial charge in [0.05, 0.1) is 0 Å². The van der Waals surface area contributed by atoms with Gasteiger partial charge in [-0.1, -0.05) is 49.6 Å². The molecule has 1 aliphatic rings. The third-order valence-corrected chi connectivity index (χ3v) is 3.95. The van der Waals surface area contributed by atoms with Crippen molar-refractivity contribution in [1.29, 1.82) is 5.26 Å². The number of hydrogen-bond acceptors (Lipinski definition) is 4. The largest absolute Gasteiger partial charge is 0.437 e. The number of ether oxygens (including phenoxy) is 1. The highest BCUT2D eigenvalue weighted by atomic mass is 16.6. The van der Waals surface area contributed by atoms with E-state index in [2.05, 4.69) is 6.07 Å². The first-order valence-corrected chi connectivity index (χ1v) is 7.02. The monoisotopic (exact) mass is 273 g/mol. The van der Waals surface area contributed by atoms with Gasteiger partial charge in [-0.05, 0) is 12.8 Å². The van der Waals surface area contributed by atoms with Gasteiger partial charge in [0.2, 0.25) is 5.60 Å². The minimum Gasteiger partial charge on any atom is -0.437 e. The van der Waals surface area contributed by atoms with Gasteiger partial charge in [-0.15, -0.1) is 0 Å². The molecule has 0 saturated heterocycles. The lowest BCUT2D eigenvalue weighted by atomic mass is 9.74. The van der Waals surface area contributed by atoms with Crippen LogP contribution in [0.1, 0.15) is 37.7 Å². The number of hydrogen-bond donors (Lipinski definition) is 1. The van der Waals surface area contributed by atoms with Crippen molar-refractivity contribution in [3.63, 3.8) is 0 Å². The van der Waals surface area contributed by atoms with Crippen molar-refractivity contribution in [3.05, 3.63) is 35.9 Å². The van der Waals surface area contributed by atoms with Crippen LogP contribution in [0.25, 0.3) is 0 Å². The van der Waals surface area contributed by atoms with E-state index in [0.29, 0.717) is 5.56 Å². The van der Waals surface area contributed by atoms with Crippen molar-refractivity contribution < 1.29 is 14.6 Å². The molecule has 1 aromatic carbocycles. The topological polar surface area (TPSA) is 70.3 Å². The summed E-state index contributed by atoms with van der Waals surface area (Å²) in [4.78, 5) is 11.6. The summed E-state index contributed by atoms with van der Waals surface area (Å²) >= 11 is 0. The summed E-state index contributed by atoms with van der Waals surface area (Å²) in [7, 11) is 0. The second-order valence-corrected chi connectivity index (χ2v) is 5.18. The van der Waals surface area contributed by atoms with Crippen LogP contribution in [0.2, 0.25) is 0 Å². The number of esters is 1. The molecule has 0 bridgehead atoms. The molecule has 1 aliphatic carbocycles. The predicted molar refractivity (Wildman–Crippen MR) is 73.5 cm³/mol. The molecule has 0 heterocycles. The maximum Gasteiger partial charge on any atom is 0.333 e. The molecule has 1 aromatic rings. The van der Waals surface area contributed by atoms with E-state index in [4.69, 9.17) is 9.84 Å². The van der Waals surface area contributed by atoms with E-state index in [1.165, 1.54) is 0 Å². The summed E-state index contributed by atoms with van der Waals surface area (Å²) in [5.74, 6) is -0.764. The molecule has 0 amide bonds. The van der Waals surface area contributed by atoms with Gasteiger partial charge in [0.15, 0.2) is 0 Å². The highest BCUT2D eigenvalue weighted by Crippen LogP contribution is 2.41. The highest BCUT2D eigenvalue weighted by Gasteiger charge is 2.44. The number of nitrogens with zero attached hydrogens (tertiary/aromatic N) is 1. The molecule has 1 atom stereocenters. The van der Waals surface area contributed by atoms with Gasteiger partial charge in [0.25, 0.3) is 0 Å². The molecule has 1 N–H and O–H groups in total. The normalized spacial score (nSPS) is 18.8. The van der Waals surface area contributed by atoms with Crippen molar-refractivity contribution in [2.24, 2.45) is 5.92 Å². The minimum atomic E-state index is -1.28. The maximum absolute atomic E-state index is 11.6. The Balaban J connectivity index is 2.40. The molecule has 1 unspecified atom stereocenters. The number of aliphatic hydroxyl groups is 1. The maximum atomic E-state index is 11.6. The number of aliphatic hydroxyl groups excluding tert-OH is 1. The molecule has 20 heavy (non-hydrogen) atoms. The zero-order chi connectivity index (χ0) is 14.4. The van der Waals surface area contributed by atoms with E-state index in [9.17, 15) is 10.1 Å². The first kappa shape index (κ1) is 14.5. The SMILES string of the molecule is N#CC(OC(=O)CO)(c1ccccc1)C1CCCCC1. The lowest BCUT2D eigenvalue weighted by Gasteiger charge is -2.36. The molecule has 1 fully saturated rings. The Bertz CT molecular complexity index is 488. The number of benzene rings is 1. The Morgan fingerprint density at radius 1 is 1.30 bits per heavy atom. The van der Waals surface area contributed by atoms with Crippen LogP contribution in [0.5, 0.6) is 0 Å². The zero-order valence-electron chi connectivity index (χ0n) is 11.4. The van der Waals surface area contributed by atoms with Crippen LogP contribution in [-0.4, -0.2) is 17.7 Å². The zero-order valence-corrected chi connectivity index (χ0v) is 11.4. The fourth-order valence-electron chi connectivity index (χ4n) is 2.96. The van der Waals surface area contributed by atoms with Gasteiger partial charge in [-0.2, -0.15) is 5.26 Å². The second kappa shape index (κ2) is 6.53. The molecule has 1 saturated carbocycles. The Kier molecular flexibility index (Phi) is 4.75. The Labute approximate surface area is 119 Å². The highest BCUT2D eigenvalue weighted by molar-refractivity contribution is 5.71. The number of rotatable bonds is 4. The summed E-state index contributed by atoms with van der Waals surface area (Å²) in [6.45, 7) is -0.705. The first-order chi connectivity index (χ1) is 9.73. The van der Waals surface area contributed by atoms with Gasteiger partial charge in [0, 0.05) is 11.5 Å². The number of carbonyl (C=O) groups excluding carboxylic acids is 1. The van der Waals surface area contributed by atoms with Crippen molar-refractivity contribution >= 4 is 5.97 Å². The van der Waals surface area contributed by atoms with Crippen LogP contribution < -0.4 is 0 Å². The summed E-state index contributed by atoms with van der Waals surface area (Å²) in [6.07, 6.45) is 4.96. The number of carbonyl (C=O) groups is 1. The average molecular weight is 273 g/mol. The lowest BCUT2D eigenvalue weighted by molar-refractivity contribution is -0.165. The summed E-state index contributed by atoms with van der Waals surface area (Å²) in [5, 5.41) is 18.7. The summed E-state index contributed by atoms with van der Waals surface area (Å²) in [5.41, 5.74) is -0.585. The first-order valence-electron chi connectivity index (χ1n) is 7.02. The molecule has 0 spiro atoms. The Morgan fingerprint density at radius 2 is 1.95 bits per heavy atom. The van der Waals surface area contributed by atoms with E-state index in [1.807, 2.05) is 30.3 Å². The molecule has 2 rings (SSSR count). The van der Waals surface area contributed by atoms with Crippen molar-refractivity contribution in [3.8, 4) is 6.07 Å². The minimum absolute atomic E-state index is 0.0147. The van der Waals surface area contributed by atoms with Crippen molar-refractivity contribution in [1.82, 2.24) is 0 Å². The standard InChI is InChI=1S/C16H19NO3/c17-12-16(20-15(19)11-18,13-7-3-1-4-8-13)14-9-5-2-6-10-14/h1,3-4,7-8,14,18H,2,5-6,9-11H2. The third-order valence-electron chi connectivity index (χ3n) is 3.95. The van der Waals surface area contributed by atoms with E-state index in [-0.39, 0.29) is 5.92 Å². The molecule has 4 heteroatoms. The fourth-order valence-corrected chi connectivity index (χ4v) is 2.96. The summed E-state index contributed by atoms with van der Waals surface area (Å²) < 4.78 is 5.41. The Morgan fingerprint density at radius 3 is 2.50 bits per heavy atom. The van der Waals surface area contributed by atoms with Gasteiger partial charge >= 0.3 is 5.97 Å². The van der Waals surface area contributed by atoms with Crippen LogP contribution in [0.15, 0.2) is 30.3 Å². The van der Waals surface area contributed by atoms with Crippen LogP contribution in [0.4, 0.5) is 0 Å². The lowest BCUT2D eigenvalue weighted by Crippen LogP contribution is -2.40. The van der Waals surface area contributed by atoms with Crippen molar-refractivity contribution in [2.75, 3.05) is 6.61 Å². The van der Waals surface area contributed by atoms with Crippen LogP contribution in [-0.2, 0) is 15.1 Å². The molecule has 106 valence electrons. The van der Waals surface area contributed by atoms with Crippen LogP contribution in [0.3, 0.4) is 0 Å². The molecular formula is C16H19NO3. The van der Waals surface area contributed by atoms with Gasteiger partial charge in [-0.25, -0.2) is 4.79 Å². The molecule has 4 nitrogen and oxygen atoms in total. The Hall–Kier alpha value is -1.86. The van der Waals surface area contributed by atoms with E-state index >= 15 is 0 Å². The van der Waals surface area contributed by atoms with E-state index in [0.717, 1.165) is 32.1 Å². The van der Waals surface area contributed by atoms with Gasteiger partial charge in [0.1, 0.15) is 12.7 Å². The quantitative estimate of drug-likeness (QED) is 0.856. The molecular weight excluding hydrogens is 254 g/mol.